The summed E-state index contributed by atoms with van der Waals surface area (Å²) in [5.74, 6) is 1.68. The Labute approximate surface area is 116 Å². The first kappa shape index (κ1) is 13.8. The van der Waals surface area contributed by atoms with Gasteiger partial charge in [0.1, 0.15) is 11.6 Å². The molecule has 102 valence electrons. The Morgan fingerprint density at radius 1 is 1.32 bits per heavy atom. The van der Waals surface area contributed by atoms with Gasteiger partial charge < -0.3 is 14.8 Å². The van der Waals surface area contributed by atoms with Gasteiger partial charge in [0, 0.05) is 31.6 Å². The number of benzene rings is 1. The summed E-state index contributed by atoms with van der Waals surface area (Å²) < 4.78 is 14.5. The molecule has 1 aromatic heterocycles. The molecule has 0 saturated heterocycles. The molecule has 1 heterocycles. The van der Waals surface area contributed by atoms with Gasteiger partial charge in [0.05, 0.1) is 13.7 Å². The molecule has 0 bridgehead atoms. The second-order valence-electron chi connectivity index (χ2n) is 3.96. The molecule has 0 saturated carbocycles. The summed E-state index contributed by atoms with van der Waals surface area (Å²) >= 11 is 1.37. The Kier molecular flexibility index (Phi) is 5.11. The van der Waals surface area contributed by atoms with E-state index in [1.807, 2.05) is 24.3 Å². The van der Waals surface area contributed by atoms with Crippen molar-refractivity contribution in [1.29, 1.82) is 0 Å². The highest BCUT2D eigenvalue weighted by molar-refractivity contribution is 7.09. The van der Waals surface area contributed by atoms with Gasteiger partial charge in [-0.25, -0.2) is 4.98 Å². The van der Waals surface area contributed by atoms with Gasteiger partial charge in [-0.15, -0.1) is 0 Å². The van der Waals surface area contributed by atoms with Crippen molar-refractivity contribution in [2.75, 3.05) is 26.1 Å². The smallest absolute Gasteiger partial charge is 0.202 e. The molecule has 0 spiro atoms. The first-order valence-electron chi connectivity index (χ1n) is 6.00. The summed E-state index contributed by atoms with van der Waals surface area (Å²) in [7, 11) is 3.34. The van der Waals surface area contributed by atoms with Crippen LogP contribution in [0.25, 0.3) is 0 Å². The van der Waals surface area contributed by atoms with Gasteiger partial charge in [0.15, 0.2) is 0 Å². The predicted molar refractivity (Wildman–Crippen MR) is 75.8 cm³/mol. The Morgan fingerprint density at radius 3 is 3.00 bits per heavy atom. The zero-order valence-corrected chi connectivity index (χ0v) is 11.9. The second kappa shape index (κ2) is 7.06. The van der Waals surface area contributed by atoms with E-state index in [2.05, 4.69) is 14.7 Å². The molecular weight excluding hydrogens is 262 g/mol. The second-order valence-corrected chi connectivity index (χ2v) is 4.72. The summed E-state index contributed by atoms with van der Waals surface area (Å²) in [6.07, 6.45) is 0.744. The van der Waals surface area contributed by atoms with Crippen molar-refractivity contribution in [2.24, 2.45) is 0 Å². The van der Waals surface area contributed by atoms with Crippen molar-refractivity contribution < 1.29 is 9.47 Å². The average Bonchev–Trinajstić information content (AvgIpc) is 2.91. The van der Waals surface area contributed by atoms with Crippen molar-refractivity contribution >= 4 is 16.7 Å². The molecule has 0 unspecified atom stereocenters. The molecule has 6 heteroatoms. The third kappa shape index (κ3) is 4.18. The van der Waals surface area contributed by atoms with E-state index >= 15 is 0 Å². The molecule has 0 fully saturated rings. The van der Waals surface area contributed by atoms with Gasteiger partial charge in [0.2, 0.25) is 5.13 Å². The van der Waals surface area contributed by atoms with E-state index in [1.165, 1.54) is 11.5 Å². The molecule has 0 amide bonds. The third-order valence-electron chi connectivity index (χ3n) is 2.58. The highest BCUT2D eigenvalue weighted by atomic mass is 32.1. The van der Waals surface area contributed by atoms with Gasteiger partial charge >= 0.3 is 0 Å². The lowest BCUT2D eigenvalue weighted by Crippen LogP contribution is -2.00. The van der Waals surface area contributed by atoms with Crippen molar-refractivity contribution in [3.05, 3.63) is 35.7 Å². The fraction of sp³-hybridized carbons (Fsp3) is 0.385. The Bertz CT molecular complexity index is 516. The summed E-state index contributed by atoms with van der Waals surface area (Å²) in [4.78, 5) is 4.39. The van der Waals surface area contributed by atoms with Gasteiger partial charge in [0.25, 0.3) is 0 Å². The van der Waals surface area contributed by atoms with E-state index in [-0.39, 0.29) is 0 Å². The number of nitrogens with one attached hydrogen (secondary N) is 1. The summed E-state index contributed by atoms with van der Waals surface area (Å²) in [5, 5.41) is 4.09. The average molecular weight is 279 g/mol. The van der Waals surface area contributed by atoms with E-state index in [9.17, 15) is 0 Å². The largest absolute Gasteiger partial charge is 0.497 e. The first-order chi connectivity index (χ1) is 9.31. The van der Waals surface area contributed by atoms with Crippen LogP contribution >= 0.6 is 11.5 Å². The number of ether oxygens (including phenoxy) is 2. The van der Waals surface area contributed by atoms with E-state index in [1.54, 1.807) is 14.2 Å². The van der Waals surface area contributed by atoms with Crippen molar-refractivity contribution in [3.8, 4) is 5.75 Å². The number of rotatable bonds is 7. The summed E-state index contributed by atoms with van der Waals surface area (Å²) in [6.45, 7) is 1.35. The lowest BCUT2D eigenvalue weighted by Gasteiger charge is -2.04. The fourth-order valence-electron chi connectivity index (χ4n) is 1.58. The quantitative estimate of drug-likeness (QED) is 0.843. The van der Waals surface area contributed by atoms with Crippen LogP contribution in [0.5, 0.6) is 5.75 Å². The van der Waals surface area contributed by atoms with Gasteiger partial charge in [-0.3, -0.25) is 0 Å². The maximum absolute atomic E-state index is 5.19. The van der Waals surface area contributed by atoms with Crippen LogP contribution in [0.2, 0.25) is 0 Å². The van der Waals surface area contributed by atoms with Gasteiger partial charge in [-0.05, 0) is 17.7 Å². The minimum Gasteiger partial charge on any atom is -0.497 e. The number of methoxy groups -OCH3 is 2. The van der Waals surface area contributed by atoms with Crippen LogP contribution in [0, 0.1) is 0 Å². The molecule has 0 aliphatic rings. The van der Waals surface area contributed by atoms with E-state index in [0.29, 0.717) is 13.2 Å². The van der Waals surface area contributed by atoms with Crippen LogP contribution in [0.4, 0.5) is 5.13 Å². The third-order valence-corrected chi connectivity index (χ3v) is 3.29. The Hall–Kier alpha value is -1.66. The molecule has 0 aliphatic carbocycles. The Morgan fingerprint density at radius 2 is 2.21 bits per heavy atom. The normalized spacial score (nSPS) is 10.4. The molecule has 0 atom stereocenters. The van der Waals surface area contributed by atoms with Crippen LogP contribution < -0.4 is 10.1 Å². The van der Waals surface area contributed by atoms with Crippen molar-refractivity contribution in [3.63, 3.8) is 0 Å². The fourth-order valence-corrected chi connectivity index (χ4v) is 2.19. The van der Waals surface area contributed by atoms with E-state index in [4.69, 9.17) is 9.47 Å². The number of hydrogen-bond acceptors (Lipinski definition) is 6. The minimum atomic E-state index is 0.645. The SMILES string of the molecule is COCCc1nsc(NCc2cccc(OC)c2)n1. The van der Waals surface area contributed by atoms with Crippen LogP contribution in [0.15, 0.2) is 24.3 Å². The molecule has 2 rings (SSSR count). The number of nitrogens with zero attached hydrogens (tertiary/aromatic N) is 2. The molecule has 0 aliphatic heterocycles. The highest BCUT2D eigenvalue weighted by Gasteiger charge is 2.03. The maximum atomic E-state index is 5.19. The van der Waals surface area contributed by atoms with Crippen LogP contribution in [-0.4, -0.2) is 30.2 Å². The molecule has 1 aromatic carbocycles. The van der Waals surface area contributed by atoms with Crippen molar-refractivity contribution in [2.45, 2.75) is 13.0 Å². The summed E-state index contributed by atoms with van der Waals surface area (Å²) in [6, 6.07) is 7.94. The van der Waals surface area contributed by atoms with E-state index < -0.39 is 0 Å². The molecule has 5 nitrogen and oxygen atoms in total. The minimum absolute atomic E-state index is 0.645. The molecular formula is C13H17N3O2S. The summed E-state index contributed by atoms with van der Waals surface area (Å²) in [5.41, 5.74) is 1.15. The Balaban J connectivity index is 1.89. The predicted octanol–water partition coefficient (Wildman–Crippen LogP) is 2.35. The first-order valence-corrected chi connectivity index (χ1v) is 6.77. The van der Waals surface area contributed by atoms with Gasteiger partial charge in [-0.2, -0.15) is 4.37 Å². The monoisotopic (exact) mass is 279 g/mol. The number of hydrogen-bond donors (Lipinski definition) is 1. The number of aromatic nitrogens is 2. The zero-order valence-electron chi connectivity index (χ0n) is 11.0. The van der Waals surface area contributed by atoms with Crippen LogP contribution in [-0.2, 0) is 17.7 Å². The molecule has 1 N–H and O–H groups in total. The maximum Gasteiger partial charge on any atom is 0.202 e. The van der Waals surface area contributed by atoms with Crippen molar-refractivity contribution in [1.82, 2.24) is 9.36 Å². The van der Waals surface area contributed by atoms with E-state index in [0.717, 1.165) is 28.7 Å². The molecule has 19 heavy (non-hydrogen) atoms. The number of anilines is 1. The topological polar surface area (TPSA) is 56.3 Å². The standard InChI is InChI=1S/C13H17N3O2S/c1-17-7-6-12-15-13(19-16-12)14-9-10-4-3-5-11(8-10)18-2/h3-5,8H,6-7,9H2,1-2H3,(H,14,15,16). The highest BCUT2D eigenvalue weighted by Crippen LogP contribution is 2.16. The molecule has 2 aromatic rings. The zero-order chi connectivity index (χ0) is 13.5. The van der Waals surface area contributed by atoms with Crippen LogP contribution in [0.1, 0.15) is 11.4 Å². The van der Waals surface area contributed by atoms with Crippen LogP contribution in [0.3, 0.4) is 0 Å². The van der Waals surface area contributed by atoms with Gasteiger partial charge in [-0.1, -0.05) is 12.1 Å². The lowest BCUT2D eigenvalue weighted by molar-refractivity contribution is 0.201. The molecule has 0 radical (unpaired) electrons. The lowest BCUT2D eigenvalue weighted by atomic mass is 10.2.